The zero-order chi connectivity index (χ0) is 19.2. The maximum atomic E-state index is 5.71. The molecule has 2 aromatic heterocycles. The number of furan rings is 1. The summed E-state index contributed by atoms with van der Waals surface area (Å²) in [6, 6.07) is 22.0. The molecule has 0 fully saturated rings. The van der Waals surface area contributed by atoms with Gasteiger partial charge in [-0.25, -0.2) is 4.98 Å². The van der Waals surface area contributed by atoms with Gasteiger partial charge in [0.2, 0.25) is 5.89 Å². The topological polar surface area (TPSA) is 51.6 Å². The largest absolute Gasteiger partial charge is 0.497 e. The van der Waals surface area contributed by atoms with Crippen LogP contribution in [0.1, 0.15) is 17.0 Å². The van der Waals surface area contributed by atoms with Gasteiger partial charge in [0.05, 0.1) is 25.6 Å². The molecule has 5 nitrogen and oxygen atoms in total. The Kier molecular flexibility index (Phi) is 5.54. The zero-order valence-electron chi connectivity index (χ0n) is 15.7. The predicted octanol–water partition coefficient (Wildman–Crippen LogP) is 5.15. The molecule has 0 amide bonds. The van der Waals surface area contributed by atoms with Crippen LogP contribution in [0.5, 0.6) is 5.75 Å². The fraction of sp³-hybridized carbons (Fsp3) is 0.174. The Morgan fingerprint density at radius 2 is 1.68 bits per heavy atom. The lowest BCUT2D eigenvalue weighted by molar-refractivity contribution is 0.224. The molecule has 0 saturated heterocycles. The lowest BCUT2D eigenvalue weighted by Gasteiger charge is -2.20. The number of methoxy groups -OCH3 is 1. The van der Waals surface area contributed by atoms with Gasteiger partial charge in [-0.2, -0.15) is 0 Å². The van der Waals surface area contributed by atoms with Crippen LogP contribution in [-0.4, -0.2) is 17.0 Å². The Morgan fingerprint density at radius 3 is 2.39 bits per heavy atom. The summed E-state index contributed by atoms with van der Waals surface area (Å²) in [5.74, 6) is 2.34. The highest BCUT2D eigenvalue weighted by molar-refractivity contribution is 5.54. The van der Waals surface area contributed by atoms with Gasteiger partial charge in [-0.15, -0.1) is 0 Å². The molecule has 28 heavy (non-hydrogen) atoms. The van der Waals surface area contributed by atoms with Gasteiger partial charge in [-0.1, -0.05) is 30.3 Å². The van der Waals surface area contributed by atoms with Crippen molar-refractivity contribution in [3.05, 3.63) is 96.3 Å². The van der Waals surface area contributed by atoms with E-state index in [1.54, 1.807) is 19.6 Å². The Balaban J connectivity index is 1.50. The van der Waals surface area contributed by atoms with Crippen LogP contribution in [0.15, 0.2) is 88.1 Å². The average molecular weight is 374 g/mol. The average Bonchev–Trinajstić information content (AvgIpc) is 3.41. The van der Waals surface area contributed by atoms with Gasteiger partial charge in [-0.3, -0.25) is 4.90 Å². The van der Waals surface area contributed by atoms with E-state index in [0.717, 1.165) is 29.3 Å². The van der Waals surface area contributed by atoms with Gasteiger partial charge in [0.15, 0.2) is 0 Å². The Labute approximate surface area is 164 Å². The van der Waals surface area contributed by atoms with Crippen molar-refractivity contribution >= 4 is 0 Å². The van der Waals surface area contributed by atoms with Gasteiger partial charge < -0.3 is 13.6 Å². The Bertz CT molecular complexity index is 976. The molecule has 0 aliphatic rings. The molecule has 4 aromatic rings. The van der Waals surface area contributed by atoms with E-state index in [-0.39, 0.29) is 0 Å². The summed E-state index contributed by atoms with van der Waals surface area (Å²) in [6.07, 6.45) is 3.42. The standard InChI is InChI=1S/C23H22N2O3/c1-26-21-11-9-19(10-12-21)23-24-20(17-28-23)15-25(16-22-8-5-13-27-22)14-18-6-3-2-4-7-18/h2-13,17H,14-16H2,1H3. The van der Waals surface area contributed by atoms with Crippen molar-refractivity contribution in [3.8, 4) is 17.2 Å². The normalized spacial score (nSPS) is 11.1. The van der Waals surface area contributed by atoms with Gasteiger partial charge in [0, 0.05) is 18.7 Å². The summed E-state index contributed by atoms with van der Waals surface area (Å²) in [4.78, 5) is 6.95. The summed E-state index contributed by atoms with van der Waals surface area (Å²) in [6.45, 7) is 2.16. The molecule has 0 radical (unpaired) electrons. The highest BCUT2D eigenvalue weighted by Crippen LogP contribution is 2.23. The van der Waals surface area contributed by atoms with Crippen LogP contribution >= 0.6 is 0 Å². The quantitative estimate of drug-likeness (QED) is 0.427. The van der Waals surface area contributed by atoms with Crippen molar-refractivity contribution < 1.29 is 13.6 Å². The highest BCUT2D eigenvalue weighted by Gasteiger charge is 2.14. The first kappa shape index (κ1) is 18.1. The Hall–Kier alpha value is -3.31. The maximum absolute atomic E-state index is 5.71. The van der Waals surface area contributed by atoms with Crippen LogP contribution in [0.2, 0.25) is 0 Å². The van der Waals surface area contributed by atoms with Crippen LogP contribution in [0.4, 0.5) is 0 Å². The molecule has 4 rings (SSSR count). The molecule has 0 atom stereocenters. The van der Waals surface area contributed by atoms with Crippen molar-refractivity contribution in [1.82, 2.24) is 9.88 Å². The second kappa shape index (κ2) is 8.59. The molecule has 0 unspecified atom stereocenters. The number of rotatable bonds is 8. The maximum Gasteiger partial charge on any atom is 0.226 e. The minimum atomic E-state index is 0.607. The first-order valence-corrected chi connectivity index (χ1v) is 9.17. The molecule has 2 heterocycles. The summed E-state index contributed by atoms with van der Waals surface area (Å²) >= 11 is 0. The number of nitrogens with zero attached hydrogens (tertiary/aromatic N) is 2. The van der Waals surface area contributed by atoms with E-state index in [9.17, 15) is 0 Å². The fourth-order valence-corrected chi connectivity index (χ4v) is 3.11. The lowest BCUT2D eigenvalue weighted by Crippen LogP contribution is -2.22. The third-order valence-corrected chi connectivity index (χ3v) is 4.48. The summed E-state index contributed by atoms with van der Waals surface area (Å²) in [5, 5.41) is 0. The van der Waals surface area contributed by atoms with Crippen LogP contribution < -0.4 is 4.74 Å². The van der Waals surface area contributed by atoms with Gasteiger partial charge >= 0.3 is 0 Å². The number of hydrogen-bond acceptors (Lipinski definition) is 5. The summed E-state index contributed by atoms with van der Waals surface area (Å²) in [5.41, 5.74) is 3.05. The van der Waals surface area contributed by atoms with Crippen molar-refractivity contribution in [2.24, 2.45) is 0 Å². The van der Waals surface area contributed by atoms with Crippen LogP contribution in [-0.2, 0) is 19.6 Å². The first-order chi connectivity index (χ1) is 13.8. The smallest absolute Gasteiger partial charge is 0.226 e. The highest BCUT2D eigenvalue weighted by atomic mass is 16.5. The van der Waals surface area contributed by atoms with Crippen LogP contribution in [0.3, 0.4) is 0 Å². The van der Waals surface area contributed by atoms with E-state index in [0.29, 0.717) is 19.0 Å². The van der Waals surface area contributed by atoms with Gasteiger partial charge in [0.1, 0.15) is 17.8 Å². The minimum Gasteiger partial charge on any atom is -0.497 e. The fourth-order valence-electron chi connectivity index (χ4n) is 3.11. The third kappa shape index (κ3) is 4.50. The molecule has 0 aliphatic heterocycles. The van der Waals surface area contributed by atoms with E-state index >= 15 is 0 Å². The molecular formula is C23H22N2O3. The first-order valence-electron chi connectivity index (χ1n) is 9.17. The van der Waals surface area contributed by atoms with E-state index < -0.39 is 0 Å². The Morgan fingerprint density at radius 1 is 0.857 bits per heavy atom. The molecule has 0 N–H and O–H groups in total. The molecular weight excluding hydrogens is 352 g/mol. The molecule has 0 aliphatic carbocycles. The monoisotopic (exact) mass is 374 g/mol. The van der Waals surface area contributed by atoms with Gasteiger partial charge in [0.25, 0.3) is 0 Å². The zero-order valence-corrected chi connectivity index (χ0v) is 15.7. The molecule has 142 valence electrons. The number of benzene rings is 2. The van der Waals surface area contributed by atoms with E-state index in [1.807, 2.05) is 42.5 Å². The van der Waals surface area contributed by atoms with Crippen LogP contribution in [0.25, 0.3) is 11.5 Å². The SMILES string of the molecule is COc1ccc(-c2nc(CN(Cc3ccccc3)Cc3ccco3)co2)cc1. The molecule has 0 saturated carbocycles. The second-order valence-electron chi connectivity index (χ2n) is 6.58. The van der Waals surface area contributed by atoms with Crippen LogP contribution in [0, 0.1) is 0 Å². The van der Waals surface area contributed by atoms with Crippen molar-refractivity contribution in [3.63, 3.8) is 0 Å². The number of hydrogen-bond donors (Lipinski definition) is 0. The van der Waals surface area contributed by atoms with E-state index in [1.165, 1.54) is 5.56 Å². The lowest BCUT2D eigenvalue weighted by atomic mass is 10.2. The predicted molar refractivity (Wildman–Crippen MR) is 107 cm³/mol. The minimum absolute atomic E-state index is 0.607. The van der Waals surface area contributed by atoms with Crippen molar-refractivity contribution in [1.29, 1.82) is 0 Å². The molecule has 5 heteroatoms. The summed E-state index contributed by atoms with van der Waals surface area (Å²) < 4.78 is 16.4. The second-order valence-corrected chi connectivity index (χ2v) is 6.58. The number of ether oxygens (including phenoxy) is 1. The molecule has 0 bridgehead atoms. The van der Waals surface area contributed by atoms with E-state index in [4.69, 9.17) is 13.6 Å². The molecule has 2 aromatic carbocycles. The van der Waals surface area contributed by atoms with E-state index in [2.05, 4.69) is 34.1 Å². The van der Waals surface area contributed by atoms with Gasteiger partial charge in [-0.05, 0) is 42.0 Å². The van der Waals surface area contributed by atoms with Crippen molar-refractivity contribution in [2.45, 2.75) is 19.6 Å². The third-order valence-electron chi connectivity index (χ3n) is 4.48. The number of aromatic nitrogens is 1. The summed E-state index contributed by atoms with van der Waals surface area (Å²) in [7, 11) is 1.65. The molecule has 0 spiro atoms. The van der Waals surface area contributed by atoms with Crippen molar-refractivity contribution in [2.75, 3.05) is 7.11 Å². The number of oxazole rings is 1.